The maximum Gasteiger partial charge on any atom is 0.252 e. The average molecular weight is 274 g/mol. The van der Waals surface area contributed by atoms with Gasteiger partial charge in [0, 0.05) is 5.56 Å². The van der Waals surface area contributed by atoms with Crippen molar-refractivity contribution in [1.29, 1.82) is 0 Å². The second-order valence-electron chi connectivity index (χ2n) is 4.24. The van der Waals surface area contributed by atoms with Crippen LogP contribution in [-0.2, 0) is 0 Å². The molecule has 0 aliphatic rings. The van der Waals surface area contributed by atoms with Gasteiger partial charge < -0.3 is 5.32 Å². The highest BCUT2D eigenvalue weighted by molar-refractivity contribution is 7.00. The standard InChI is InChI=1S/C13H14N4OS/c1-17(2)8-4-3-7-14-13(18)10-5-6-11-12(9-10)16-19-15-11/h5-6,9H,7-8H2,1-2H3,(H,14,18). The van der Waals surface area contributed by atoms with Crippen molar-refractivity contribution in [2.75, 3.05) is 27.2 Å². The molecule has 0 atom stereocenters. The molecule has 19 heavy (non-hydrogen) atoms. The SMILES string of the molecule is CN(C)CC#CCNC(=O)c1ccc2nsnc2c1. The topological polar surface area (TPSA) is 58.1 Å². The number of benzene rings is 1. The number of carbonyl (C=O) groups is 1. The number of fused-ring (bicyclic) bond motifs is 1. The van der Waals surface area contributed by atoms with E-state index in [0.29, 0.717) is 18.7 Å². The Bertz CT molecular complexity index is 639. The fourth-order valence-electron chi connectivity index (χ4n) is 1.43. The first-order chi connectivity index (χ1) is 9.16. The molecule has 1 N–H and O–H groups in total. The second kappa shape index (κ2) is 6.27. The largest absolute Gasteiger partial charge is 0.341 e. The zero-order valence-electron chi connectivity index (χ0n) is 10.8. The highest BCUT2D eigenvalue weighted by Gasteiger charge is 2.06. The van der Waals surface area contributed by atoms with E-state index in [-0.39, 0.29) is 5.91 Å². The van der Waals surface area contributed by atoms with Crippen LogP contribution in [0.4, 0.5) is 0 Å². The second-order valence-corrected chi connectivity index (χ2v) is 4.77. The molecule has 2 rings (SSSR count). The van der Waals surface area contributed by atoms with Gasteiger partial charge in [0.15, 0.2) is 0 Å². The van der Waals surface area contributed by atoms with Crippen molar-refractivity contribution in [1.82, 2.24) is 19.0 Å². The summed E-state index contributed by atoms with van der Waals surface area (Å²) in [6.07, 6.45) is 0. The van der Waals surface area contributed by atoms with Gasteiger partial charge in [-0.1, -0.05) is 11.8 Å². The van der Waals surface area contributed by atoms with E-state index in [9.17, 15) is 4.79 Å². The minimum absolute atomic E-state index is 0.144. The number of nitrogens with one attached hydrogen (secondary N) is 1. The Kier molecular flexibility index (Phi) is 4.44. The molecule has 0 fully saturated rings. The summed E-state index contributed by atoms with van der Waals surface area (Å²) in [5, 5.41) is 2.75. The van der Waals surface area contributed by atoms with Crippen LogP contribution in [-0.4, -0.2) is 46.7 Å². The number of hydrogen-bond donors (Lipinski definition) is 1. The van der Waals surface area contributed by atoms with E-state index >= 15 is 0 Å². The lowest BCUT2D eigenvalue weighted by Gasteiger charge is -2.02. The molecule has 6 heteroatoms. The maximum absolute atomic E-state index is 11.9. The minimum Gasteiger partial charge on any atom is -0.341 e. The Labute approximate surface area is 115 Å². The molecule has 1 amide bonds. The monoisotopic (exact) mass is 274 g/mol. The average Bonchev–Trinajstić information content (AvgIpc) is 2.84. The van der Waals surface area contributed by atoms with Crippen LogP contribution in [0.5, 0.6) is 0 Å². The van der Waals surface area contributed by atoms with Crippen molar-refractivity contribution in [3.05, 3.63) is 23.8 Å². The van der Waals surface area contributed by atoms with Crippen molar-refractivity contribution in [3.8, 4) is 11.8 Å². The molecule has 0 aliphatic carbocycles. The fraction of sp³-hybridized carbons (Fsp3) is 0.308. The summed E-state index contributed by atoms with van der Waals surface area (Å²) in [6, 6.07) is 5.28. The first kappa shape index (κ1) is 13.5. The molecule has 0 radical (unpaired) electrons. The van der Waals surface area contributed by atoms with E-state index in [0.717, 1.165) is 22.8 Å². The number of aromatic nitrogens is 2. The number of amides is 1. The van der Waals surface area contributed by atoms with Crippen LogP contribution in [0.15, 0.2) is 18.2 Å². The third-order valence-corrected chi connectivity index (χ3v) is 2.93. The number of rotatable bonds is 3. The zero-order chi connectivity index (χ0) is 13.7. The molecular formula is C13H14N4OS. The highest BCUT2D eigenvalue weighted by atomic mass is 32.1. The van der Waals surface area contributed by atoms with Crippen LogP contribution in [0.2, 0.25) is 0 Å². The minimum atomic E-state index is -0.144. The van der Waals surface area contributed by atoms with Crippen molar-refractivity contribution in [3.63, 3.8) is 0 Å². The Morgan fingerprint density at radius 3 is 2.89 bits per heavy atom. The van der Waals surface area contributed by atoms with Crippen molar-refractivity contribution in [2.45, 2.75) is 0 Å². The van der Waals surface area contributed by atoms with E-state index in [1.54, 1.807) is 18.2 Å². The van der Waals surface area contributed by atoms with Gasteiger partial charge in [-0.05, 0) is 32.3 Å². The molecule has 5 nitrogen and oxygen atoms in total. The molecule has 0 aliphatic heterocycles. The van der Waals surface area contributed by atoms with Gasteiger partial charge in [0.05, 0.1) is 24.8 Å². The van der Waals surface area contributed by atoms with Crippen LogP contribution in [0.25, 0.3) is 11.0 Å². The van der Waals surface area contributed by atoms with Crippen LogP contribution in [0.1, 0.15) is 10.4 Å². The van der Waals surface area contributed by atoms with Gasteiger partial charge >= 0.3 is 0 Å². The molecule has 98 valence electrons. The number of hydrogen-bond acceptors (Lipinski definition) is 5. The molecule has 1 heterocycles. The van der Waals surface area contributed by atoms with Gasteiger partial charge in [0.1, 0.15) is 11.0 Å². The van der Waals surface area contributed by atoms with E-state index in [2.05, 4.69) is 25.9 Å². The van der Waals surface area contributed by atoms with E-state index < -0.39 is 0 Å². The van der Waals surface area contributed by atoms with Gasteiger partial charge in [0.2, 0.25) is 0 Å². The van der Waals surface area contributed by atoms with Crippen LogP contribution >= 0.6 is 11.7 Å². The Morgan fingerprint density at radius 2 is 2.11 bits per heavy atom. The summed E-state index contributed by atoms with van der Waals surface area (Å²) in [5.74, 6) is 5.71. The lowest BCUT2D eigenvalue weighted by molar-refractivity contribution is 0.0959. The Hall–Kier alpha value is -1.97. The number of nitrogens with zero attached hydrogens (tertiary/aromatic N) is 3. The molecule has 0 bridgehead atoms. The fourth-order valence-corrected chi connectivity index (χ4v) is 1.94. The van der Waals surface area contributed by atoms with E-state index in [1.807, 2.05) is 19.0 Å². The van der Waals surface area contributed by atoms with E-state index in [1.165, 1.54) is 0 Å². The van der Waals surface area contributed by atoms with Gasteiger partial charge in [0.25, 0.3) is 5.91 Å². The molecule has 0 saturated heterocycles. The summed E-state index contributed by atoms with van der Waals surface area (Å²) < 4.78 is 8.20. The summed E-state index contributed by atoms with van der Waals surface area (Å²) >= 11 is 1.14. The predicted molar refractivity (Wildman–Crippen MR) is 76.1 cm³/mol. The van der Waals surface area contributed by atoms with Crippen LogP contribution in [0, 0.1) is 11.8 Å². The molecule has 0 unspecified atom stereocenters. The third kappa shape index (κ3) is 3.74. The highest BCUT2D eigenvalue weighted by Crippen LogP contribution is 2.13. The van der Waals surface area contributed by atoms with Crippen LogP contribution < -0.4 is 5.32 Å². The lowest BCUT2D eigenvalue weighted by Crippen LogP contribution is -2.23. The predicted octanol–water partition coefficient (Wildman–Crippen LogP) is 0.986. The van der Waals surface area contributed by atoms with Gasteiger partial charge in [-0.15, -0.1) is 0 Å². The van der Waals surface area contributed by atoms with Crippen molar-refractivity contribution < 1.29 is 4.79 Å². The maximum atomic E-state index is 11.9. The summed E-state index contributed by atoms with van der Waals surface area (Å²) in [4.78, 5) is 13.8. The van der Waals surface area contributed by atoms with Gasteiger partial charge in [-0.2, -0.15) is 8.75 Å². The molecule has 0 spiro atoms. The zero-order valence-corrected chi connectivity index (χ0v) is 11.6. The quantitative estimate of drug-likeness (QED) is 0.848. The van der Waals surface area contributed by atoms with E-state index in [4.69, 9.17) is 0 Å². The lowest BCUT2D eigenvalue weighted by atomic mass is 10.2. The molecule has 2 aromatic rings. The van der Waals surface area contributed by atoms with Crippen LogP contribution in [0.3, 0.4) is 0 Å². The first-order valence-electron chi connectivity index (χ1n) is 5.78. The van der Waals surface area contributed by atoms with Gasteiger partial charge in [-0.3, -0.25) is 9.69 Å². The summed E-state index contributed by atoms with van der Waals surface area (Å²) in [5.41, 5.74) is 2.14. The Balaban J connectivity index is 1.93. The molecule has 0 saturated carbocycles. The van der Waals surface area contributed by atoms with Crippen molar-refractivity contribution in [2.24, 2.45) is 0 Å². The van der Waals surface area contributed by atoms with Gasteiger partial charge in [-0.25, -0.2) is 0 Å². The van der Waals surface area contributed by atoms with Crippen molar-refractivity contribution >= 4 is 28.7 Å². The molecular weight excluding hydrogens is 260 g/mol. The first-order valence-corrected chi connectivity index (χ1v) is 6.51. The third-order valence-electron chi connectivity index (χ3n) is 2.37. The number of carbonyl (C=O) groups excluding carboxylic acids is 1. The molecule has 1 aromatic heterocycles. The normalized spacial score (nSPS) is 10.3. The summed E-state index contributed by atoms with van der Waals surface area (Å²) in [7, 11) is 3.90. The summed E-state index contributed by atoms with van der Waals surface area (Å²) in [6.45, 7) is 1.03. The molecule has 1 aromatic carbocycles. The Morgan fingerprint density at radius 1 is 1.32 bits per heavy atom. The smallest absolute Gasteiger partial charge is 0.252 e.